The van der Waals surface area contributed by atoms with Crippen molar-refractivity contribution >= 4 is 27.7 Å². The first-order valence-electron chi connectivity index (χ1n) is 11.2. The number of amides is 1. The summed E-state index contributed by atoms with van der Waals surface area (Å²) in [5.74, 6) is 1.77. The van der Waals surface area contributed by atoms with Gasteiger partial charge < -0.3 is 14.6 Å². The van der Waals surface area contributed by atoms with Crippen LogP contribution in [0.5, 0.6) is 5.75 Å². The number of aromatic nitrogens is 2. The summed E-state index contributed by atoms with van der Waals surface area (Å²) in [7, 11) is 0. The number of carbonyl (C=O) groups excluding carboxylic acids is 1. The minimum atomic E-state index is -0.446. The molecule has 5 nitrogen and oxygen atoms in total. The topological polar surface area (TPSA) is 56.2 Å². The maximum Gasteiger partial charge on any atom is 0.225 e. The number of para-hydroxylation sites is 2. The van der Waals surface area contributed by atoms with E-state index in [4.69, 9.17) is 9.72 Å². The summed E-state index contributed by atoms with van der Waals surface area (Å²) in [6.07, 6.45) is 0.833. The van der Waals surface area contributed by atoms with Crippen LogP contribution in [-0.2, 0) is 11.3 Å². The molecule has 4 rings (SSSR count). The number of aryl methyl sites for hydroxylation is 1. The lowest BCUT2D eigenvalue weighted by Gasteiger charge is -2.22. The molecule has 5 heteroatoms. The highest BCUT2D eigenvalue weighted by Gasteiger charge is 2.25. The van der Waals surface area contributed by atoms with Crippen molar-refractivity contribution in [1.82, 2.24) is 14.9 Å². The maximum atomic E-state index is 12.5. The number of carbonyl (C=O) groups is 1. The van der Waals surface area contributed by atoms with Gasteiger partial charge in [-0.2, -0.15) is 0 Å². The molecule has 0 spiro atoms. The third kappa shape index (κ3) is 4.77. The van der Waals surface area contributed by atoms with Gasteiger partial charge in [-0.3, -0.25) is 4.79 Å². The Kier molecular flexibility index (Phi) is 6.17. The van der Waals surface area contributed by atoms with Crippen molar-refractivity contribution in [3.05, 3.63) is 72.6 Å². The number of fused-ring (bicyclic) bond motifs is 2. The van der Waals surface area contributed by atoms with E-state index < -0.39 is 5.41 Å². The molecule has 0 aliphatic carbocycles. The molecular weight excluding hydrogens is 398 g/mol. The molecule has 0 fully saturated rings. The molecule has 0 saturated carbocycles. The largest absolute Gasteiger partial charge is 0.494 e. The summed E-state index contributed by atoms with van der Waals surface area (Å²) in [6.45, 7) is 9.12. The molecule has 0 saturated heterocycles. The maximum absolute atomic E-state index is 12.5. The van der Waals surface area contributed by atoms with Crippen molar-refractivity contribution in [2.24, 2.45) is 5.41 Å². The Hall–Kier alpha value is -3.34. The molecule has 4 aromatic rings. The summed E-state index contributed by atoms with van der Waals surface area (Å²) in [5, 5.41) is 5.50. The molecule has 32 heavy (non-hydrogen) atoms. The lowest BCUT2D eigenvalue weighted by Crippen LogP contribution is -2.37. The Morgan fingerprint density at radius 3 is 2.53 bits per heavy atom. The predicted molar refractivity (Wildman–Crippen MR) is 130 cm³/mol. The second-order valence-electron chi connectivity index (χ2n) is 9.27. The van der Waals surface area contributed by atoms with E-state index >= 15 is 0 Å². The zero-order chi connectivity index (χ0) is 22.7. The van der Waals surface area contributed by atoms with E-state index in [0.717, 1.165) is 35.6 Å². The van der Waals surface area contributed by atoms with Crippen LogP contribution < -0.4 is 10.1 Å². The van der Waals surface area contributed by atoms with Crippen molar-refractivity contribution in [1.29, 1.82) is 0 Å². The van der Waals surface area contributed by atoms with E-state index in [1.807, 2.05) is 64.1 Å². The summed E-state index contributed by atoms with van der Waals surface area (Å²) in [6, 6.07) is 22.4. The van der Waals surface area contributed by atoms with Crippen LogP contribution in [0.15, 0.2) is 66.7 Å². The molecule has 0 aliphatic heterocycles. The van der Waals surface area contributed by atoms with Gasteiger partial charge in [-0.25, -0.2) is 4.98 Å². The molecule has 1 unspecified atom stereocenters. The highest BCUT2D eigenvalue weighted by Crippen LogP contribution is 2.24. The Balaban J connectivity index is 1.46. The van der Waals surface area contributed by atoms with E-state index in [1.54, 1.807) is 0 Å². The van der Waals surface area contributed by atoms with Crippen LogP contribution in [0.4, 0.5) is 0 Å². The molecule has 0 aliphatic rings. The number of ether oxygens (including phenoxy) is 1. The second kappa shape index (κ2) is 9.03. The number of imidazole rings is 1. The van der Waals surface area contributed by atoms with Gasteiger partial charge in [0.05, 0.1) is 23.7 Å². The first-order chi connectivity index (χ1) is 15.3. The van der Waals surface area contributed by atoms with Gasteiger partial charge in [0.1, 0.15) is 11.6 Å². The SMILES string of the molecule is CC(NC(=O)C(C)(C)C)c1nc2ccccc2n1CCCOc1ccc2ccccc2c1. The van der Waals surface area contributed by atoms with Crippen LogP contribution in [0.2, 0.25) is 0 Å². The quantitative estimate of drug-likeness (QED) is 0.373. The molecule has 1 amide bonds. The average molecular weight is 430 g/mol. The van der Waals surface area contributed by atoms with Crippen LogP contribution in [-0.4, -0.2) is 22.1 Å². The Morgan fingerprint density at radius 1 is 1.03 bits per heavy atom. The number of nitrogens with one attached hydrogen (secondary N) is 1. The normalized spacial score (nSPS) is 12.8. The van der Waals surface area contributed by atoms with Gasteiger partial charge >= 0.3 is 0 Å². The van der Waals surface area contributed by atoms with Gasteiger partial charge in [-0.15, -0.1) is 0 Å². The van der Waals surface area contributed by atoms with Crippen molar-refractivity contribution in [3.63, 3.8) is 0 Å². The fourth-order valence-corrected chi connectivity index (χ4v) is 3.81. The van der Waals surface area contributed by atoms with E-state index in [2.05, 4.69) is 40.2 Å². The van der Waals surface area contributed by atoms with E-state index in [0.29, 0.717) is 6.61 Å². The van der Waals surface area contributed by atoms with Gasteiger partial charge in [0.15, 0.2) is 0 Å². The fraction of sp³-hybridized carbons (Fsp3) is 0.333. The number of benzene rings is 3. The molecule has 0 radical (unpaired) electrons. The standard InChI is InChI=1S/C27H31N3O2/c1-19(28-26(31)27(2,3)4)25-29-23-12-7-8-13-24(23)30(25)16-9-17-32-22-15-14-20-10-5-6-11-21(20)18-22/h5-8,10-15,18-19H,9,16-17H2,1-4H3,(H,28,31). The summed E-state index contributed by atoms with van der Waals surface area (Å²) >= 11 is 0. The van der Waals surface area contributed by atoms with Gasteiger partial charge in [0.25, 0.3) is 0 Å². The third-order valence-corrected chi connectivity index (χ3v) is 5.62. The molecule has 166 valence electrons. The lowest BCUT2D eigenvalue weighted by atomic mass is 9.95. The van der Waals surface area contributed by atoms with Crippen molar-refractivity contribution in [2.45, 2.75) is 46.7 Å². The van der Waals surface area contributed by atoms with Crippen LogP contribution >= 0.6 is 0 Å². The van der Waals surface area contributed by atoms with Crippen LogP contribution in [0.3, 0.4) is 0 Å². The average Bonchev–Trinajstić information content (AvgIpc) is 3.14. The Morgan fingerprint density at radius 2 is 1.75 bits per heavy atom. The van der Waals surface area contributed by atoms with Crippen molar-refractivity contribution < 1.29 is 9.53 Å². The summed E-state index contributed by atoms with van der Waals surface area (Å²) < 4.78 is 8.23. The monoisotopic (exact) mass is 429 g/mol. The first kappa shape index (κ1) is 21.9. The number of rotatable bonds is 7. The lowest BCUT2D eigenvalue weighted by molar-refractivity contribution is -0.129. The minimum absolute atomic E-state index is 0.0169. The fourth-order valence-electron chi connectivity index (χ4n) is 3.81. The zero-order valence-corrected chi connectivity index (χ0v) is 19.3. The highest BCUT2D eigenvalue weighted by atomic mass is 16.5. The first-order valence-corrected chi connectivity index (χ1v) is 11.2. The number of nitrogens with zero attached hydrogens (tertiary/aromatic N) is 2. The Bertz CT molecular complexity index is 1240. The third-order valence-electron chi connectivity index (χ3n) is 5.62. The highest BCUT2D eigenvalue weighted by molar-refractivity contribution is 5.84. The van der Waals surface area contributed by atoms with E-state index in [-0.39, 0.29) is 11.9 Å². The van der Waals surface area contributed by atoms with Crippen molar-refractivity contribution in [2.75, 3.05) is 6.61 Å². The van der Waals surface area contributed by atoms with Crippen LogP contribution in [0.25, 0.3) is 21.8 Å². The number of hydrogen-bond acceptors (Lipinski definition) is 3. The number of hydrogen-bond donors (Lipinski definition) is 1. The van der Waals surface area contributed by atoms with Crippen LogP contribution in [0.1, 0.15) is 46.0 Å². The molecule has 1 atom stereocenters. The van der Waals surface area contributed by atoms with E-state index in [1.165, 1.54) is 10.8 Å². The van der Waals surface area contributed by atoms with Gasteiger partial charge in [-0.1, -0.05) is 63.2 Å². The molecule has 0 bridgehead atoms. The predicted octanol–water partition coefficient (Wildman–Crippen LogP) is 5.88. The van der Waals surface area contributed by atoms with Crippen LogP contribution in [0, 0.1) is 5.41 Å². The molecule has 1 aromatic heterocycles. The Labute approximate surface area is 189 Å². The molecule has 3 aromatic carbocycles. The molecular formula is C27H31N3O2. The summed E-state index contributed by atoms with van der Waals surface area (Å²) in [5.41, 5.74) is 1.57. The molecule has 1 N–H and O–H groups in total. The van der Waals surface area contributed by atoms with Crippen molar-refractivity contribution in [3.8, 4) is 5.75 Å². The smallest absolute Gasteiger partial charge is 0.225 e. The zero-order valence-electron chi connectivity index (χ0n) is 19.3. The summed E-state index contributed by atoms with van der Waals surface area (Å²) in [4.78, 5) is 17.3. The van der Waals surface area contributed by atoms with Gasteiger partial charge in [0.2, 0.25) is 5.91 Å². The van der Waals surface area contributed by atoms with Gasteiger partial charge in [0, 0.05) is 12.0 Å². The molecule has 1 heterocycles. The minimum Gasteiger partial charge on any atom is -0.494 e. The van der Waals surface area contributed by atoms with Gasteiger partial charge in [-0.05, 0) is 48.4 Å². The second-order valence-corrected chi connectivity index (χ2v) is 9.27. The van der Waals surface area contributed by atoms with E-state index in [9.17, 15) is 4.79 Å².